The van der Waals surface area contributed by atoms with Gasteiger partial charge < -0.3 is 0 Å². The summed E-state index contributed by atoms with van der Waals surface area (Å²) in [6, 6.07) is 3.84. The van der Waals surface area contributed by atoms with Crippen LogP contribution in [0.4, 0.5) is 5.69 Å². The lowest BCUT2D eigenvalue weighted by molar-refractivity contribution is -0.385. The summed E-state index contributed by atoms with van der Waals surface area (Å²) in [7, 11) is -3.73. The predicted molar refractivity (Wildman–Crippen MR) is 75.7 cm³/mol. The Morgan fingerprint density at radius 1 is 1.40 bits per heavy atom. The van der Waals surface area contributed by atoms with E-state index < -0.39 is 14.9 Å². The lowest BCUT2D eigenvalue weighted by atomic mass is 10.2. The third-order valence-corrected chi connectivity index (χ3v) is 4.19. The number of hydrogen-bond acceptors (Lipinski definition) is 4. The summed E-state index contributed by atoms with van der Waals surface area (Å²) in [5.41, 5.74) is 0.211. The number of sulfonamides is 1. The van der Waals surface area contributed by atoms with E-state index in [0.717, 1.165) is 12.5 Å². The molecule has 6 nitrogen and oxygen atoms in total. The first-order valence-corrected chi connectivity index (χ1v) is 7.55. The molecule has 1 aromatic rings. The Hall–Kier alpha value is -1.91. The van der Waals surface area contributed by atoms with Gasteiger partial charge in [-0.15, -0.1) is 12.3 Å². The highest BCUT2D eigenvalue weighted by Gasteiger charge is 2.19. The maximum absolute atomic E-state index is 12.0. The van der Waals surface area contributed by atoms with Crippen LogP contribution >= 0.6 is 0 Å². The molecule has 7 heteroatoms. The molecule has 0 aromatic heterocycles. The largest absolute Gasteiger partial charge is 0.273 e. The van der Waals surface area contributed by atoms with Gasteiger partial charge in [-0.2, -0.15) is 0 Å². The molecule has 0 unspecified atom stereocenters. The number of hydrogen-bond donors (Lipinski definition) is 1. The van der Waals surface area contributed by atoms with Crippen LogP contribution in [0, 0.1) is 29.4 Å². The van der Waals surface area contributed by atoms with Crippen LogP contribution in [0.2, 0.25) is 0 Å². The molecule has 0 heterocycles. The number of terminal acetylenes is 1. The molecule has 0 radical (unpaired) electrons. The smallest absolute Gasteiger partial charge is 0.258 e. The van der Waals surface area contributed by atoms with Crippen molar-refractivity contribution in [3.63, 3.8) is 0 Å². The number of rotatable bonds is 7. The van der Waals surface area contributed by atoms with Crippen molar-refractivity contribution < 1.29 is 13.3 Å². The molecule has 0 aliphatic heterocycles. The monoisotopic (exact) mass is 296 g/mol. The van der Waals surface area contributed by atoms with Crippen molar-refractivity contribution >= 4 is 15.7 Å². The first-order valence-electron chi connectivity index (χ1n) is 6.06. The molecule has 1 aromatic carbocycles. The van der Waals surface area contributed by atoms with E-state index in [1.165, 1.54) is 12.1 Å². The van der Waals surface area contributed by atoms with Gasteiger partial charge in [-0.05, 0) is 25.8 Å². The van der Waals surface area contributed by atoms with Gasteiger partial charge in [-0.25, -0.2) is 13.1 Å². The Morgan fingerprint density at radius 2 is 2.10 bits per heavy atom. The van der Waals surface area contributed by atoms with Crippen molar-refractivity contribution in [2.45, 2.75) is 31.1 Å². The summed E-state index contributed by atoms with van der Waals surface area (Å²) >= 11 is 0. The van der Waals surface area contributed by atoms with E-state index in [9.17, 15) is 18.5 Å². The second-order valence-corrected chi connectivity index (χ2v) is 6.03. The number of unbranched alkanes of at least 4 members (excludes halogenated alkanes) is 2. The molecule has 0 aliphatic rings. The number of aryl methyl sites for hydroxylation is 1. The van der Waals surface area contributed by atoms with Gasteiger partial charge in [0.15, 0.2) is 0 Å². The predicted octanol–water partition coefficient (Wildman–Crippen LogP) is 1.99. The van der Waals surface area contributed by atoms with Gasteiger partial charge >= 0.3 is 0 Å². The molecule has 0 amide bonds. The van der Waals surface area contributed by atoms with Gasteiger partial charge in [-0.3, -0.25) is 10.1 Å². The molecule has 0 spiro atoms. The Labute approximate surface area is 118 Å². The minimum Gasteiger partial charge on any atom is -0.258 e. The van der Waals surface area contributed by atoms with Crippen LogP contribution in [0.15, 0.2) is 23.1 Å². The maximum atomic E-state index is 12.0. The standard InChI is InChI=1S/C13H16N2O4S/c1-3-4-5-6-9-14-20(18,19)12-8-7-11(2)13(10-12)15(16)17/h1,7-8,10,14H,4-6,9H2,2H3. The summed E-state index contributed by atoms with van der Waals surface area (Å²) in [6.45, 7) is 1.81. The average Bonchev–Trinajstić information content (AvgIpc) is 2.38. The van der Waals surface area contributed by atoms with E-state index >= 15 is 0 Å². The first kappa shape index (κ1) is 16.1. The topological polar surface area (TPSA) is 89.3 Å². The van der Waals surface area contributed by atoms with E-state index in [-0.39, 0.29) is 17.1 Å². The van der Waals surface area contributed by atoms with Crippen LogP contribution in [0.3, 0.4) is 0 Å². The van der Waals surface area contributed by atoms with Crippen molar-refractivity contribution in [3.8, 4) is 12.3 Å². The van der Waals surface area contributed by atoms with E-state index in [4.69, 9.17) is 6.42 Å². The molecule has 0 bridgehead atoms. The zero-order chi connectivity index (χ0) is 15.2. The van der Waals surface area contributed by atoms with Crippen LogP contribution < -0.4 is 4.72 Å². The zero-order valence-electron chi connectivity index (χ0n) is 11.1. The summed E-state index contributed by atoms with van der Waals surface area (Å²) in [6.07, 6.45) is 7.04. The zero-order valence-corrected chi connectivity index (χ0v) is 11.9. The first-order chi connectivity index (χ1) is 9.38. The summed E-state index contributed by atoms with van der Waals surface area (Å²) in [4.78, 5) is 10.1. The van der Waals surface area contributed by atoms with E-state index in [1.54, 1.807) is 6.92 Å². The van der Waals surface area contributed by atoms with Gasteiger partial charge in [0.05, 0.1) is 9.82 Å². The third kappa shape index (κ3) is 4.33. The second-order valence-electron chi connectivity index (χ2n) is 4.26. The number of nitro benzene ring substituents is 1. The molecule has 0 saturated heterocycles. The molecule has 1 N–H and O–H groups in total. The van der Waals surface area contributed by atoms with Crippen molar-refractivity contribution in [2.75, 3.05) is 6.54 Å². The summed E-state index contributed by atoms with van der Waals surface area (Å²) < 4.78 is 26.4. The van der Waals surface area contributed by atoms with E-state index in [1.807, 2.05) is 0 Å². The molecule has 0 aliphatic carbocycles. The number of nitrogens with one attached hydrogen (secondary N) is 1. The van der Waals surface area contributed by atoms with Crippen LogP contribution in [-0.4, -0.2) is 19.9 Å². The van der Waals surface area contributed by atoms with Crippen molar-refractivity contribution in [1.29, 1.82) is 0 Å². The lowest BCUT2D eigenvalue weighted by Gasteiger charge is -2.07. The maximum Gasteiger partial charge on any atom is 0.273 e. The summed E-state index contributed by atoms with van der Waals surface area (Å²) in [5, 5.41) is 10.8. The minimum atomic E-state index is -3.73. The molecular formula is C13H16N2O4S. The van der Waals surface area contributed by atoms with Crippen molar-refractivity contribution in [2.24, 2.45) is 0 Å². The van der Waals surface area contributed by atoms with Gasteiger partial charge in [0, 0.05) is 24.6 Å². The molecule has 0 fully saturated rings. The Balaban J connectivity index is 2.80. The highest BCUT2D eigenvalue weighted by Crippen LogP contribution is 2.21. The minimum absolute atomic E-state index is 0.105. The Morgan fingerprint density at radius 3 is 2.70 bits per heavy atom. The fraction of sp³-hybridized carbons (Fsp3) is 0.385. The normalized spacial score (nSPS) is 11.0. The highest BCUT2D eigenvalue weighted by atomic mass is 32.2. The van der Waals surface area contributed by atoms with Crippen molar-refractivity contribution in [3.05, 3.63) is 33.9 Å². The third-order valence-electron chi connectivity index (χ3n) is 2.73. The van der Waals surface area contributed by atoms with Crippen LogP contribution in [0.25, 0.3) is 0 Å². The fourth-order valence-corrected chi connectivity index (χ4v) is 2.69. The Kier molecular flexibility index (Phi) is 5.67. The lowest BCUT2D eigenvalue weighted by Crippen LogP contribution is -2.24. The fourth-order valence-electron chi connectivity index (χ4n) is 1.59. The quantitative estimate of drug-likeness (QED) is 0.360. The molecule has 20 heavy (non-hydrogen) atoms. The van der Waals surface area contributed by atoms with Crippen LogP contribution in [0.5, 0.6) is 0 Å². The SMILES string of the molecule is C#CCCCCNS(=O)(=O)c1ccc(C)c([N+](=O)[O-])c1. The highest BCUT2D eigenvalue weighted by molar-refractivity contribution is 7.89. The van der Waals surface area contributed by atoms with Gasteiger partial charge in [0.1, 0.15) is 0 Å². The molecule has 0 saturated carbocycles. The number of nitrogens with zero attached hydrogens (tertiary/aromatic N) is 1. The second kappa shape index (κ2) is 7.03. The van der Waals surface area contributed by atoms with E-state index in [0.29, 0.717) is 18.4 Å². The number of benzene rings is 1. The molecule has 0 atom stereocenters. The van der Waals surface area contributed by atoms with Crippen molar-refractivity contribution in [1.82, 2.24) is 4.72 Å². The number of nitro groups is 1. The summed E-state index contributed by atoms with van der Waals surface area (Å²) in [5.74, 6) is 2.47. The van der Waals surface area contributed by atoms with Crippen LogP contribution in [0.1, 0.15) is 24.8 Å². The van der Waals surface area contributed by atoms with Gasteiger partial charge in [0.25, 0.3) is 5.69 Å². The Bertz CT molecular complexity index is 632. The molecular weight excluding hydrogens is 280 g/mol. The van der Waals surface area contributed by atoms with E-state index in [2.05, 4.69) is 10.6 Å². The van der Waals surface area contributed by atoms with Gasteiger partial charge in [-0.1, -0.05) is 6.07 Å². The molecule has 108 valence electrons. The van der Waals surface area contributed by atoms with Crippen LogP contribution in [-0.2, 0) is 10.0 Å². The molecule has 1 rings (SSSR count). The van der Waals surface area contributed by atoms with Gasteiger partial charge in [0.2, 0.25) is 10.0 Å². The average molecular weight is 296 g/mol.